The quantitative estimate of drug-likeness (QED) is 0.812. The number of carboxylic acids is 1. The first kappa shape index (κ1) is 12.5. The Labute approximate surface area is 105 Å². The second-order valence-corrected chi connectivity index (χ2v) is 6.28. The summed E-state index contributed by atoms with van der Waals surface area (Å²) in [6, 6.07) is 0. The first-order valence-electron chi connectivity index (χ1n) is 5.90. The van der Waals surface area contributed by atoms with E-state index in [9.17, 15) is 9.90 Å². The van der Waals surface area contributed by atoms with Crippen molar-refractivity contribution >= 4 is 17.3 Å². The highest BCUT2D eigenvalue weighted by atomic mass is 32.1. The van der Waals surface area contributed by atoms with Gasteiger partial charge in [0, 0.05) is 24.0 Å². The van der Waals surface area contributed by atoms with Gasteiger partial charge in [-0.25, -0.2) is 4.98 Å². The van der Waals surface area contributed by atoms with Gasteiger partial charge in [0.2, 0.25) is 0 Å². The number of carbonyl (C=O) groups is 1. The predicted molar refractivity (Wildman–Crippen MR) is 67.0 cm³/mol. The zero-order valence-corrected chi connectivity index (χ0v) is 10.8. The predicted octanol–water partition coefficient (Wildman–Crippen LogP) is 1.82. The third kappa shape index (κ3) is 2.84. The van der Waals surface area contributed by atoms with Crippen molar-refractivity contribution < 1.29 is 9.90 Å². The first-order valence-corrected chi connectivity index (χ1v) is 6.72. The molecule has 1 aliphatic rings. The van der Waals surface area contributed by atoms with Gasteiger partial charge in [-0.3, -0.25) is 4.79 Å². The van der Waals surface area contributed by atoms with Gasteiger partial charge in [-0.1, -0.05) is 12.8 Å². The van der Waals surface area contributed by atoms with Crippen molar-refractivity contribution in [1.29, 1.82) is 0 Å². The van der Waals surface area contributed by atoms with Gasteiger partial charge in [0.15, 0.2) is 0 Å². The van der Waals surface area contributed by atoms with E-state index in [1.54, 1.807) is 17.5 Å². The molecule has 0 radical (unpaired) electrons. The summed E-state index contributed by atoms with van der Waals surface area (Å²) in [5.41, 5.74) is 4.95. The lowest BCUT2D eigenvalue weighted by atomic mass is 9.79. The molecule has 1 aliphatic carbocycles. The minimum Gasteiger partial charge on any atom is -0.481 e. The number of rotatable bonds is 6. The Morgan fingerprint density at radius 1 is 1.71 bits per heavy atom. The number of hydrogen-bond donors (Lipinski definition) is 2. The number of nitrogens with zero attached hydrogens (tertiary/aromatic N) is 1. The van der Waals surface area contributed by atoms with Crippen molar-refractivity contribution in [2.45, 2.75) is 32.6 Å². The van der Waals surface area contributed by atoms with Crippen LogP contribution in [-0.4, -0.2) is 22.6 Å². The number of aromatic nitrogens is 1. The highest BCUT2D eigenvalue weighted by Gasteiger charge is 2.42. The standard InChI is InChI=1S/C12H18N2O2S/c1-8-14-6-10(17-8)5-12(7-13,11(15)16)4-9-2-3-9/h6,9H,2-5,7,13H2,1H3,(H,15,16). The molecule has 5 heteroatoms. The van der Waals surface area contributed by atoms with Crippen LogP contribution in [0.15, 0.2) is 6.20 Å². The molecule has 0 amide bonds. The van der Waals surface area contributed by atoms with Crippen LogP contribution in [0.5, 0.6) is 0 Å². The molecule has 4 nitrogen and oxygen atoms in total. The number of carboxylic acid groups (broad SMARTS) is 1. The van der Waals surface area contributed by atoms with Crippen LogP contribution in [0.3, 0.4) is 0 Å². The Morgan fingerprint density at radius 2 is 2.41 bits per heavy atom. The smallest absolute Gasteiger partial charge is 0.311 e. The van der Waals surface area contributed by atoms with Gasteiger partial charge in [-0.15, -0.1) is 11.3 Å². The maximum Gasteiger partial charge on any atom is 0.311 e. The van der Waals surface area contributed by atoms with E-state index in [0.29, 0.717) is 18.8 Å². The molecule has 0 aliphatic heterocycles. The summed E-state index contributed by atoms with van der Waals surface area (Å²) in [6.07, 6.45) is 5.30. The van der Waals surface area contributed by atoms with E-state index in [0.717, 1.165) is 22.7 Å². The van der Waals surface area contributed by atoms with Crippen LogP contribution in [0.2, 0.25) is 0 Å². The van der Waals surface area contributed by atoms with Crippen molar-refractivity contribution in [3.63, 3.8) is 0 Å². The van der Waals surface area contributed by atoms with E-state index in [1.165, 1.54) is 0 Å². The van der Waals surface area contributed by atoms with Crippen molar-refractivity contribution in [2.24, 2.45) is 17.1 Å². The minimum atomic E-state index is -0.792. The summed E-state index contributed by atoms with van der Waals surface area (Å²) in [5.74, 6) is -0.207. The third-order valence-corrected chi connectivity index (χ3v) is 4.32. The molecule has 0 saturated heterocycles. The molecule has 1 aromatic heterocycles. The van der Waals surface area contributed by atoms with Gasteiger partial charge in [0.05, 0.1) is 10.4 Å². The number of aryl methyl sites for hydroxylation is 1. The normalized spacial score (nSPS) is 18.9. The molecule has 3 N–H and O–H groups in total. The van der Waals surface area contributed by atoms with Crippen LogP contribution >= 0.6 is 11.3 Å². The van der Waals surface area contributed by atoms with Gasteiger partial charge in [0.1, 0.15) is 0 Å². The summed E-state index contributed by atoms with van der Waals surface area (Å²) in [4.78, 5) is 16.7. The zero-order valence-electron chi connectivity index (χ0n) is 9.98. The lowest BCUT2D eigenvalue weighted by Crippen LogP contribution is -2.41. The second kappa shape index (κ2) is 4.74. The van der Waals surface area contributed by atoms with Crippen LogP contribution in [0.1, 0.15) is 29.1 Å². The van der Waals surface area contributed by atoms with E-state index >= 15 is 0 Å². The highest BCUT2D eigenvalue weighted by Crippen LogP contribution is 2.42. The molecule has 0 aromatic carbocycles. The van der Waals surface area contributed by atoms with Gasteiger partial charge >= 0.3 is 5.97 Å². The molecule has 0 spiro atoms. The lowest BCUT2D eigenvalue weighted by molar-refractivity contribution is -0.149. The topological polar surface area (TPSA) is 76.2 Å². The lowest BCUT2D eigenvalue weighted by Gasteiger charge is -2.27. The highest BCUT2D eigenvalue weighted by molar-refractivity contribution is 7.11. The van der Waals surface area contributed by atoms with Crippen molar-refractivity contribution in [3.05, 3.63) is 16.1 Å². The van der Waals surface area contributed by atoms with E-state index in [2.05, 4.69) is 4.98 Å². The van der Waals surface area contributed by atoms with Crippen molar-refractivity contribution in [1.82, 2.24) is 4.98 Å². The summed E-state index contributed by atoms with van der Waals surface area (Å²) >= 11 is 1.56. The van der Waals surface area contributed by atoms with Gasteiger partial charge in [-0.2, -0.15) is 0 Å². The fourth-order valence-corrected chi connectivity index (χ4v) is 3.11. The fraction of sp³-hybridized carbons (Fsp3) is 0.667. The molecule has 1 saturated carbocycles. The van der Waals surface area contributed by atoms with Crippen LogP contribution in [0.4, 0.5) is 0 Å². The Balaban J connectivity index is 2.16. The minimum absolute atomic E-state index is 0.204. The molecule has 17 heavy (non-hydrogen) atoms. The van der Waals surface area contributed by atoms with Crippen molar-refractivity contribution in [3.8, 4) is 0 Å². The summed E-state index contributed by atoms with van der Waals surface area (Å²) in [7, 11) is 0. The average Bonchev–Trinajstić information content (AvgIpc) is 3.00. The van der Waals surface area contributed by atoms with Gasteiger partial charge in [0.25, 0.3) is 0 Å². The molecule has 1 heterocycles. The van der Waals surface area contributed by atoms with Crippen molar-refractivity contribution in [2.75, 3.05) is 6.54 Å². The molecule has 1 aromatic rings. The molecule has 0 bridgehead atoms. The molecule has 2 rings (SSSR count). The maximum atomic E-state index is 11.5. The average molecular weight is 254 g/mol. The number of hydrogen-bond acceptors (Lipinski definition) is 4. The summed E-state index contributed by atoms with van der Waals surface area (Å²) in [5, 5.41) is 10.4. The van der Waals surface area contributed by atoms with Crippen LogP contribution in [-0.2, 0) is 11.2 Å². The summed E-state index contributed by atoms with van der Waals surface area (Å²) < 4.78 is 0. The fourth-order valence-electron chi connectivity index (χ4n) is 2.17. The summed E-state index contributed by atoms with van der Waals surface area (Å²) in [6.45, 7) is 2.13. The molecule has 94 valence electrons. The monoisotopic (exact) mass is 254 g/mol. The van der Waals surface area contributed by atoms with Crippen LogP contribution in [0.25, 0.3) is 0 Å². The molecular weight excluding hydrogens is 236 g/mol. The van der Waals surface area contributed by atoms with Gasteiger partial charge in [-0.05, 0) is 19.3 Å². The second-order valence-electron chi connectivity index (χ2n) is 4.96. The Morgan fingerprint density at radius 3 is 2.82 bits per heavy atom. The largest absolute Gasteiger partial charge is 0.481 e. The van der Waals surface area contributed by atoms with E-state index in [1.807, 2.05) is 6.92 Å². The number of nitrogens with two attached hydrogens (primary N) is 1. The molecule has 1 unspecified atom stereocenters. The first-order chi connectivity index (χ1) is 8.05. The Bertz CT molecular complexity index is 414. The van der Waals surface area contributed by atoms with E-state index in [4.69, 9.17) is 5.73 Å². The van der Waals surface area contributed by atoms with Gasteiger partial charge < -0.3 is 10.8 Å². The Kier molecular flexibility index (Phi) is 3.49. The Hall–Kier alpha value is -0.940. The van der Waals surface area contributed by atoms with Crippen LogP contribution < -0.4 is 5.73 Å². The molecule has 1 fully saturated rings. The molecular formula is C12H18N2O2S. The third-order valence-electron chi connectivity index (χ3n) is 3.40. The zero-order chi connectivity index (χ0) is 12.5. The number of thiazole rings is 1. The van der Waals surface area contributed by atoms with E-state index < -0.39 is 11.4 Å². The van der Waals surface area contributed by atoms with E-state index in [-0.39, 0.29) is 6.54 Å². The number of aliphatic carboxylic acids is 1. The molecule has 1 atom stereocenters. The van der Waals surface area contributed by atoms with Crippen LogP contribution in [0, 0.1) is 18.3 Å². The maximum absolute atomic E-state index is 11.5. The SMILES string of the molecule is Cc1ncc(CC(CN)(CC2CC2)C(=O)O)s1.